The highest BCUT2D eigenvalue weighted by Gasteiger charge is 2.23. The molecule has 1 amide bonds. The lowest BCUT2D eigenvalue weighted by Crippen LogP contribution is -2.41. The van der Waals surface area contributed by atoms with Gasteiger partial charge in [0.1, 0.15) is 11.6 Å². The van der Waals surface area contributed by atoms with Crippen molar-refractivity contribution in [3.05, 3.63) is 56.2 Å². The van der Waals surface area contributed by atoms with E-state index in [1.807, 2.05) is 39.0 Å². The molecule has 0 spiro atoms. The van der Waals surface area contributed by atoms with Crippen LogP contribution in [0.3, 0.4) is 0 Å². The van der Waals surface area contributed by atoms with Gasteiger partial charge in [0.25, 0.3) is 11.5 Å². The maximum Gasteiger partial charge on any atom is 0.330 e. The highest BCUT2D eigenvalue weighted by Crippen LogP contribution is 2.26. The number of nitrogens with zero attached hydrogens (tertiary/aromatic N) is 2. The Balaban J connectivity index is 1.95. The van der Waals surface area contributed by atoms with Crippen LogP contribution in [-0.2, 0) is 17.8 Å². The molecule has 1 aliphatic heterocycles. The Labute approximate surface area is 187 Å². The van der Waals surface area contributed by atoms with Crippen LogP contribution in [0.15, 0.2) is 33.9 Å². The van der Waals surface area contributed by atoms with Crippen LogP contribution in [0.4, 0.5) is 11.5 Å². The van der Waals surface area contributed by atoms with Gasteiger partial charge in [-0.1, -0.05) is 33.3 Å². The standard InChI is InChI=1S/C24H32N4O4/c1-4-5-12-28-22(25)21(23(30)26-24(28)31)27(13-10-16(2)3)20(29)9-7-17-6-8-19-18(15-17)11-14-32-19/h6-9,15-16H,4-5,10-14,25H2,1-3H3,(H,26,30,31)/b9-7+. The minimum atomic E-state index is -0.652. The number of H-pyrrole nitrogens is 1. The number of nitrogens with two attached hydrogens (primary N) is 1. The van der Waals surface area contributed by atoms with Crippen LogP contribution in [-0.4, -0.2) is 28.6 Å². The molecule has 3 N–H and O–H groups in total. The third-order valence-corrected chi connectivity index (χ3v) is 5.55. The summed E-state index contributed by atoms with van der Waals surface area (Å²) in [6.07, 6.45) is 6.29. The predicted octanol–water partition coefficient (Wildman–Crippen LogP) is 2.95. The second kappa shape index (κ2) is 10.3. The van der Waals surface area contributed by atoms with E-state index in [4.69, 9.17) is 10.5 Å². The number of rotatable bonds is 9. The van der Waals surface area contributed by atoms with Crippen LogP contribution in [0.5, 0.6) is 5.75 Å². The third-order valence-electron chi connectivity index (χ3n) is 5.55. The lowest BCUT2D eigenvalue weighted by Gasteiger charge is -2.24. The molecular formula is C24H32N4O4. The predicted molar refractivity (Wildman–Crippen MR) is 127 cm³/mol. The SMILES string of the molecule is CCCCn1c(N)c(N(CCC(C)C)C(=O)/C=C/c2ccc3c(c2)CCO3)c(=O)[nH]c1=O. The third kappa shape index (κ3) is 5.30. The van der Waals surface area contributed by atoms with Crippen molar-refractivity contribution >= 4 is 23.5 Å². The number of aromatic nitrogens is 2. The quantitative estimate of drug-likeness (QED) is 0.583. The Morgan fingerprint density at radius 1 is 1.34 bits per heavy atom. The first-order valence-electron chi connectivity index (χ1n) is 11.2. The zero-order chi connectivity index (χ0) is 23.3. The van der Waals surface area contributed by atoms with Gasteiger partial charge in [-0.25, -0.2) is 4.79 Å². The van der Waals surface area contributed by atoms with Crippen LogP contribution >= 0.6 is 0 Å². The molecule has 0 aliphatic carbocycles. The van der Waals surface area contributed by atoms with E-state index in [0.29, 0.717) is 32.0 Å². The van der Waals surface area contributed by atoms with Gasteiger partial charge < -0.3 is 15.4 Å². The molecule has 0 saturated heterocycles. The van der Waals surface area contributed by atoms with Crippen molar-refractivity contribution in [3.8, 4) is 5.75 Å². The van der Waals surface area contributed by atoms with Crippen molar-refractivity contribution in [1.82, 2.24) is 9.55 Å². The van der Waals surface area contributed by atoms with Gasteiger partial charge >= 0.3 is 5.69 Å². The smallest absolute Gasteiger partial charge is 0.330 e. The number of amides is 1. The number of unbranched alkanes of at least 4 members (excludes halogenated alkanes) is 1. The molecular weight excluding hydrogens is 408 g/mol. The second-order valence-electron chi connectivity index (χ2n) is 8.47. The monoisotopic (exact) mass is 440 g/mol. The van der Waals surface area contributed by atoms with E-state index in [2.05, 4.69) is 4.98 Å². The largest absolute Gasteiger partial charge is 0.493 e. The van der Waals surface area contributed by atoms with Crippen molar-refractivity contribution < 1.29 is 9.53 Å². The van der Waals surface area contributed by atoms with Crippen molar-refractivity contribution in [2.75, 3.05) is 23.8 Å². The normalized spacial score (nSPS) is 12.9. The molecule has 1 aromatic heterocycles. The number of hydrogen-bond acceptors (Lipinski definition) is 5. The summed E-state index contributed by atoms with van der Waals surface area (Å²) >= 11 is 0. The summed E-state index contributed by atoms with van der Waals surface area (Å²) in [7, 11) is 0. The highest BCUT2D eigenvalue weighted by molar-refractivity contribution is 6.05. The molecule has 0 unspecified atom stereocenters. The van der Waals surface area contributed by atoms with Gasteiger partial charge in [-0.15, -0.1) is 0 Å². The van der Waals surface area contributed by atoms with Crippen LogP contribution in [0, 0.1) is 5.92 Å². The first-order chi connectivity index (χ1) is 15.3. The zero-order valence-electron chi connectivity index (χ0n) is 19.0. The molecule has 1 aromatic carbocycles. The van der Waals surface area contributed by atoms with Crippen molar-refractivity contribution in [1.29, 1.82) is 0 Å². The molecule has 3 rings (SSSR count). The molecule has 0 fully saturated rings. The van der Waals surface area contributed by atoms with Crippen LogP contribution in [0.1, 0.15) is 51.2 Å². The van der Waals surface area contributed by atoms with E-state index in [1.165, 1.54) is 15.5 Å². The summed E-state index contributed by atoms with van der Waals surface area (Å²) in [6.45, 7) is 7.45. The van der Waals surface area contributed by atoms with Crippen LogP contribution < -0.4 is 26.6 Å². The lowest BCUT2D eigenvalue weighted by molar-refractivity contribution is -0.114. The van der Waals surface area contributed by atoms with Gasteiger partial charge in [0, 0.05) is 25.6 Å². The van der Waals surface area contributed by atoms with E-state index < -0.39 is 11.2 Å². The van der Waals surface area contributed by atoms with Crippen molar-refractivity contribution in [3.63, 3.8) is 0 Å². The summed E-state index contributed by atoms with van der Waals surface area (Å²) in [6, 6.07) is 5.78. The number of anilines is 2. The summed E-state index contributed by atoms with van der Waals surface area (Å²) in [5, 5.41) is 0. The minimum Gasteiger partial charge on any atom is -0.493 e. The molecule has 8 nitrogen and oxygen atoms in total. The molecule has 32 heavy (non-hydrogen) atoms. The summed E-state index contributed by atoms with van der Waals surface area (Å²) < 4.78 is 6.86. The molecule has 0 radical (unpaired) electrons. The van der Waals surface area contributed by atoms with Gasteiger partial charge in [0.15, 0.2) is 5.69 Å². The molecule has 2 aromatic rings. The summed E-state index contributed by atoms with van der Waals surface area (Å²) in [5.74, 6) is 0.852. The van der Waals surface area contributed by atoms with E-state index >= 15 is 0 Å². The molecule has 1 aliphatic rings. The number of carbonyl (C=O) groups is 1. The van der Waals surface area contributed by atoms with E-state index in [1.54, 1.807) is 6.08 Å². The Kier molecular flexibility index (Phi) is 7.56. The average molecular weight is 441 g/mol. The second-order valence-corrected chi connectivity index (χ2v) is 8.47. The zero-order valence-corrected chi connectivity index (χ0v) is 19.0. The Morgan fingerprint density at radius 3 is 2.84 bits per heavy atom. The van der Waals surface area contributed by atoms with E-state index in [9.17, 15) is 14.4 Å². The maximum atomic E-state index is 13.2. The summed E-state index contributed by atoms with van der Waals surface area (Å²) in [5.41, 5.74) is 7.05. The number of benzene rings is 1. The highest BCUT2D eigenvalue weighted by atomic mass is 16.5. The molecule has 8 heteroatoms. The number of ether oxygens (including phenoxy) is 1. The number of fused-ring (bicyclic) bond motifs is 1. The molecule has 2 heterocycles. The molecule has 0 bridgehead atoms. The number of aromatic amines is 1. The fourth-order valence-corrected chi connectivity index (χ4v) is 3.66. The summed E-state index contributed by atoms with van der Waals surface area (Å²) in [4.78, 5) is 41.9. The number of carbonyl (C=O) groups excluding carboxylic acids is 1. The number of nitrogen functional groups attached to an aromatic ring is 1. The fraction of sp³-hybridized carbons (Fsp3) is 0.458. The van der Waals surface area contributed by atoms with Crippen molar-refractivity contribution in [2.45, 2.75) is 53.0 Å². The lowest BCUT2D eigenvalue weighted by atomic mass is 10.1. The Morgan fingerprint density at radius 2 is 2.12 bits per heavy atom. The number of hydrogen-bond donors (Lipinski definition) is 2. The van der Waals surface area contributed by atoms with Gasteiger partial charge in [0.2, 0.25) is 0 Å². The Hall–Kier alpha value is -3.29. The molecule has 172 valence electrons. The van der Waals surface area contributed by atoms with Crippen LogP contribution in [0.25, 0.3) is 6.08 Å². The van der Waals surface area contributed by atoms with Gasteiger partial charge in [-0.3, -0.25) is 19.1 Å². The van der Waals surface area contributed by atoms with Gasteiger partial charge in [-0.05, 0) is 48.1 Å². The molecule has 0 saturated carbocycles. The minimum absolute atomic E-state index is 0.0207. The molecule has 0 atom stereocenters. The first-order valence-corrected chi connectivity index (χ1v) is 11.2. The Bertz CT molecular complexity index is 1110. The first kappa shape index (κ1) is 23.4. The van der Waals surface area contributed by atoms with Crippen LogP contribution in [0.2, 0.25) is 0 Å². The topological polar surface area (TPSA) is 110 Å². The van der Waals surface area contributed by atoms with Gasteiger partial charge in [0.05, 0.1) is 6.61 Å². The maximum absolute atomic E-state index is 13.2. The fourth-order valence-electron chi connectivity index (χ4n) is 3.66. The van der Waals surface area contributed by atoms with Gasteiger partial charge in [-0.2, -0.15) is 0 Å². The van der Waals surface area contributed by atoms with E-state index in [-0.39, 0.29) is 17.4 Å². The van der Waals surface area contributed by atoms with E-state index in [0.717, 1.165) is 36.1 Å². The van der Waals surface area contributed by atoms with Crippen molar-refractivity contribution in [2.24, 2.45) is 5.92 Å². The average Bonchev–Trinajstić information content (AvgIpc) is 3.21. The number of nitrogens with one attached hydrogen (secondary N) is 1.